The molecule has 0 saturated carbocycles. The summed E-state index contributed by atoms with van der Waals surface area (Å²) in [6.07, 6.45) is 0.771. The van der Waals surface area contributed by atoms with Crippen LogP contribution in [-0.2, 0) is 16.4 Å². The van der Waals surface area contributed by atoms with Crippen molar-refractivity contribution in [1.29, 1.82) is 0 Å². The number of aryl methyl sites for hydroxylation is 2. The lowest BCUT2D eigenvalue weighted by Gasteiger charge is -2.11. The fraction of sp³-hybridized carbons (Fsp3) is 0.308. The number of nitrogens with zero attached hydrogens (tertiary/aromatic N) is 1. The third-order valence-corrected chi connectivity index (χ3v) is 6.08. The van der Waals surface area contributed by atoms with Gasteiger partial charge in [0.2, 0.25) is 0 Å². The van der Waals surface area contributed by atoms with E-state index in [-0.39, 0.29) is 4.90 Å². The number of nitrogens with two attached hydrogens (primary N) is 1. The summed E-state index contributed by atoms with van der Waals surface area (Å²) in [7, 11) is -3.71. The Labute approximate surface area is 136 Å². The van der Waals surface area contributed by atoms with E-state index >= 15 is 0 Å². The van der Waals surface area contributed by atoms with Crippen LogP contribution < -0.4 is 10.5 Å². The molecule has 2 rings (SSSR count). The standard InChI is InChI=1S/C13H16BrN3O2S2/c1-4-11-8(3)20-13(16-11)17-21(18,19)12-6-9(14)5-10(15)7(12)2/h5-6H,4,15H2,1-3H3,(H,16,17). The van der Waals surface area contributed by atoms with Gasteiger partial charge >= 0.3 is 0 Å². The van der Waals surface area contributed by atoms with Gasteiger partial charge in [-0.15, -0.1) is 11.3 Å². The number of hydrogen-bond acceptors (Lipinski definition) is 5. The molecule has 1 aromatic heterocycles. The smallest absolute Gasteiger partial charge is 0.264 e. The van der Waals surface area contributed by atoms with Gasteiger partial charge in [-0.1, -0.05) is 22.9 Å². The van der Waals surface area contributed by atoms with Crippen LogP contribution in [0.5, 0.6) is 0 Å². The van der Waals surface area contributed by atoms with E-state index in [1.165, 1.54) is 17.4 Å². The molecular weight excluding hydrogens is 374 g/mol. The molecule has 0 amide bonds. The fourth-order valence-corrected chi connectivity index (χ4v) is 4.99. The molecule has 114 valence electrons. The zero-order valence-corrected chi connectivity index (χ0v) is 15.1. The monoisotopic (exact) mass is 389 g/mol. The molecule has 0 fully saturated rings. The van der Waals surface area contributed by atoms with Crippen LogP contribution >= 0.6 is 27.3 Å². The lowest BCUT2D eigenvalue weighted by molar-refractivity contribution is 0.600. The lowest BCUT2D eigenvalue weighted by Crippen LogP contribution is -2.15. The average molecular weight is 390 g/mol. The number of rotatable bonds is 4. The number of sulfonamides is 1. The van der Waals surface area contributed by atoms with Crippen LogP contribution in [0.4, 0.5) is 10.8 Å². The van der Waals surface area contributed by atoms with Crippen LogP contribution in [0.1, 0.15) is 23.1 Å². The van der Waals surface area contributed by atoms with Crippen LogP contribution in [-0.4, -0.2) is 13.4 Å². The summed E-state index contributed by atoms with van der Waals surface area (Å²) in [5, 5.41) is 0.377. The molecule has 1 heterocycles. The number of aromatic nitrogens is 1. The Hall–Kier alpha value is -1.12. The summed E-state index contributed by atoms with van der Waals surface area (Å²) in [6.45, 7) is 5.59. The van der Waals surface area contributed by atoms with Gasteiger partial charge in [0.15, 0.2) is 5.13 Å². The quantitative estimate of drug-likeness (QED) is 0.783. The highest BCUT2D eigenvalue weighted by Crippen LogP contribution is 2.29. The van der Waals surface area contributed by atoms with E-state index in [0.717, 1.165) is 17.0 Å². The second-order valence-electron chi connectivity index (χ2n) is 4.60. The van der Waals surface area contributed by atoms with Crippen LogP contribution in [0.25, 0.3) is 0 Å². The Bertz CT molecular complexity index is 785. The molecule has 0 saturated heterocycles. The topological polar surface area (TPSA) is 85.1 Å². The van der Waals surface area contributed by atoms with Crippen LogP contribution in [0.15, 0.2) is 21.5 Å². The molecule has 0 bridgehead atoms. The maximum Gasteiger partial charge on any atom is 0.264 e. The number of benzene rings is 1. The summed E-state index contributed by atoms with van der Waals surface area (Å²) in [5.74, 6) is 0. The van der Waals surface area contributed by atoms with Crippen LogP contribution in [0.3, 0.4) is 0 Å². The number of hydrogen-bond donors (Lipinski definition) is 2. The SMILES string of the molecule is CCc1nc(NS(=O)(=O)c2cc(Br)cc(N)c2C)sc1C. The molecule has 8 heteroatoms. The molecule has 0 spiro atoms. The Morgan fingerprint density at radius 3 is 2.62 bits per heavy atom. The van der Waals surface area contributed by atoms with Crippen molar-refractivity contribution >= 4 is 48.1 Å². The largest absolute Gasteiger partial charge is 0.398 e. The molecule has 3 N–H and O–H groups in total. The van der Waals surface area contributed by atoms with Gasteiger partial charge in [0, 0.05) is 15.0 Å². The summed E-state index contributed by atoms with van der Waals surface area (Å²) >= 11 is 4.60. The highest BCUT2D eigenvalue weighted by molar-refractivity contribution is 9.10. The second-order valence-corrected chi connectivity index (χ2v) is 8.37. The first-order valence-electron chi connectivity index (χ1n) is 6.29. The van der Waals surface area contributed by atoms with Crippen molar-refractivity contribution < 1.29 is 8.42 Å². The molecule has 0 radical (unpaired) electrons. The maximum atomic E-state index is 12.5. The van der Waals surface area contributed by atoms with Crippen molar-refractivity contribution in [3.8, 4) is 0 Å². The Morgan fingerprint density at radius 2 is 2.05 bits per heavy atom. The minimum absolute atomic E-state index is 0.153. The molecule has 5 nitrogen and oxygen atoms in total. The van der Waals surface area contributed by atoms with E-state index in [0.29, 0.717) is 20.9 Å². The van der Waals surface area contributed by atoms with Gasteiger partial charge in [0.05, 0.1) is 10.6 Å². The van der Waals surface area contributed by atoms with Crippen molar-refractivity contribution in [1.82, 2.24) is 4.98 Å². The number of nitrogens with one attached hydrogen (secondary N) is 1. The zero-order chi connectivity index (χ0) is 15.8. The van der Waals surface area contributed by atoms with E-state index in [4.69, 9.17) is 5.73 Å². The fourth-order valence-electron chi connectivity index (χ4n) is 1.92. The summed E-state index contributed by atoms with van der Waals surface area (Å²) in [6, 6.07) is 3.21. The Morgan fingerprint density at radius 1 is 1.38 bits per heavy atom. The van der Waals surface area contributed by atoms with Gasteiger partial charge in [-0.25, -0.2) is 13.4 Å². The number of thiazole rings is 1. The first-order chi connectivity index (χ1) is 9.74. The molecule has 21 heavy (non-hydrogen) atoms. The number of anilines is 2. The second kappa shape index (κ2) is 5.94. The average Bonchev–Trinajstić information content (AvgIpc) is 2.72. The predicted octanol–water partition coefficient (Wildman–Crippen LogP) is 3.47. The first-order valence-corrected chi connectivity index (χ1v) is 9.38. The molecule has 0 unspecified atom stereocenters. The normalized spacial score (nSPS) is 11.6. The number of nitrogen functional groups attached to an aromatic ring is 1. The molecule has 1 aromatic carbocycles. The third kappa shape index (κ3) is 3.38. The van der Waals surface area contributed by atoms with Crippen molar-refractivity contribution in [2.45, 2.75) is 32.1 Å². The zero-order valence-electron chi connectivity index (χ0n) is 11.9. The summed E-state index contributed by atoms with van der Waals surface area (Å²) < 4.78 is 28.2. The minimum atomic E-state index is -3.71. The van der Waals surface area contributed by atoms with Crippen LogP contribution in [0.2, 0.25) is 0 Å². The Kier molecular flexibility index (Phi) is 4.60. The molecule has 0 aliphatic rings. The van der Waals surface area contributed by atoms with Crippen molar-refractivity contribution in [2.24, 2.45) is 0 Å². The van der Waals surface area contributed by atoms with Crippen molar-refractivity contribution in [2.75, 3.05) is 10.5 Å². The highest BCUT2D eigenvalue weighted by atomic mass is 79.9. The van der Waals surface area contributed by atoms with Gasteiger partial charge in [-0.05, 0) is 38.0 Å². The first kappa shape index (κ1) is 16.3. The molecule has 2 aromatic rings. The third-order valence-electron chi connectivity index (χ3n) is 3.10. The van der Waals surface area contributed by atoms with Gasteiger partial charge in [-0.2, -0.15) is 0 Å². The van der Waals surface area contributed by atoms with Crippen LogP contribution in [0, 0.1) is 13.8 Å². The van der Waals surface area contributed by atoms with E-state index in [1.54, 1.807) is 13.0 Å². The van der Waals surface area contributed by atoms with Gasteiger partial charge in [-0.3, -0.25) is 4.72 Å². The molecule has 0 aliphatic heterocycles. The van der Waals surface area contributed by atoms with Gasteiger partial charge < -0.3 is 5.73 Å². The summed E-state index contributed by atoms with van der Waals surface area (Å²) in [5.41, 5.74) is 7.68. The highest BCUT2D eigenvalue weighted by Gasteiger charge is 2.21. The predicted molar refractivity (Wildman–Crippen MR) is 90.3 cm³/mol. The van der Waals surface area contributed by atoms with Gasteiger partial charge in [0.25, 0.3) is 10.0 Å². The van der Waals surface area contributed by atoms with E-state index in [1.807, 2.05) is 13.8 Å². The summed E-state index contributed by atoms with van der Waals surface area (Å²) in [4.78, 5) is 5.47. The lowest BCUT2D eigenvalue weighted by atomic mass is 10.2. The maximum absolute atomic E-state index is 12.5. The molecular formula is C13H16BrN3O2S2. The van der Waals surface area contributed by atoms with E-state index < -0.39 is 10.0 Å². The van der Waals surface area contributed by atoms with Crippen molar-refractivity contribution in [3.05, 3.63) is 32.7 Å². The Balaban J connectivity index is 2.43. The molecule has 0 aliphatic carbocycles. The number of halogens is 1. The van der Waals surface area contributed by atoms with E-state index in [2.05, 4.69) is 25.6 Å². The van der Waals surface area contributed by atoms with Gasteiger partial charge in [0.1, 0.15) is 0 Å². The van der Waals surface area contributed by atoms with Crippen molar-refractivity contribution in [3.63, 3.8) is 0 Å². The molecule has 0 atom stereocenters. The van der Waals surface area contributed by atoms with E-state index in [9.17, 15) is 8.42 Å². The minimum Gasteiger partial charge on any atom is -0.398 e.